The predicted octanol–water partition coefficient (Wildman–Crippen LogP) is 2.55. The Morgan fingerprint density at radius 1 is 1.53 bits per heavy atom. The van der Waals surface area contributed by atoms with Crippen LogP contribution in [0.2, 0.25) is 0 Å². The maximum absolute atomic E-state index is 5.47. The van der Waals surface area contributed by atoms with Crippen molar-refractivity contribution in [3.8, 4) is 5.88 Å². The Hall–Kier alpha value is -0.840. The number of nitrogens with zero attached hydrogens (tertiary/aromatic N) is 3. The lowest BCUT2D eigenvalue weighted by Crippen LogP contribution is -2.31. The smallest absolute Gasteiger partial charge is 0.218 e. The largest absolute Gasteiger partial charge is 0.478 e. The standard InChI is InChI=1S/C12H18BrN3O/c1-3-17-12-7-11(14-9(2)15-12)16-6-4-5-10(16)8-13/h7,10H,3-6,8H2,1-2H3. The van der Waals surface area contributed by atoms with Gasteiger partial charge in [-0.05, 0) is 26.7 Å². The summed E-state index contributed by atoms with van der Waals surface area (Å²) in [5.74, 6) is 2.43. The van der Waals surface area contributed by atoms with E-state index < -0.39 is 0 Å². The van der Waals surface area contributed by atoms with Crippen LogP contribution in [-0.4, -0.2) is 34.5 Å². The SMILES string of the molecule is CCOc1cc(N2CCCC2CBr)nc(C)n1. The Morgan fingerprint density at radius 3 is 3.06 bits per heavy atom. The minimum Gasteiger partial charge on any atom is -0.478 e. The zero-order valence-electron chi connectivity index (χ0n) is 10.3. The van der Waals surface area contributed by atoms with Gasteiger partial charge < -0.3 is 9.64 Å². The van der Waals surface area contributed by atoms with Gasteiger partial charge in [0.2, 0.25) is 5.88 Å². The summed E-state index contributed by atoms with van der Waals surface area (Å²) < 4.78 is 5.47. The molecule has 0 aliphatic carbocycles. The predicted molar refractivity (Wildman–Crippen MR) is 72.1 cm³/mol. The molecule has 0 N–H and O–H groups in total. The van der Waals surface area contributed by atoms with Crippen molar-refractivity contribution in [2.75, 3.05) is 23.4 Å². The van der Waals surface area contributed by atoms with Gasteiger partial charge in [-0.2, -0.15) is 4.98 Å². The van der Waals surface area contributed by atoms with E-state index in [0.717, 1.165) is 23.5 Å². The number of aryl methyl sites for hydroxylation is 1. The monoisotopic (exact) mass is 299 g/mol. The molecule has 0 amide bonds. The number of aromatic nitrogens is 2. The van der Waals surface area contributed by atoms with Gasteiger partial charge in [-0.3, -0.25) is 0 Å². The molecule has 2 rings (SSSR count). The van der Waals surface area contributed by atoms with Gasteiger partial charge in [-0.25, -0.2) is 4.98 Å². The van der Waals surface area contributed by atoms with Crippen molar-refractivity contribution in [1.29, 1.82) is 0 Å². The number of rotatable bonds is 4. The summed E-state index contributed by atoms with van der Waals surface area (Å²) in [4.78, 5) is 11.1. The van der Waals surface area contributed by atoms with Crippen molar-refractivity contribution >= 4 is 21.7 Å². The zero-order valence-corrected chi connectivity index (χ0v) is 11.9. The van der Waals surface area contributed by atoms with E-state index in [0.29, 0.717) is 18.5 Å². The third-order valence-corrected chi connectivity index (χ3v) is 3.69. The molecule has 1 fully saturated rings. The lowest BCUT2D eigenvalue weighted by Gasteiger charge is -2.24. The molecule has 0 saturated carbocycles. The van der Waals surface area contributed by atoms with E-state index in [4.69, 9.17) is 4.74 Å². The van der Waals surface area contributed by atoms with Gasteiger partial charge in [-0.15, -0.1) is 0 Å². The molecule has 0 aromatic carbocycles. The van der Waals surface area contributed by atoms with Crippen LogP contribution >= 0.6 is 15.9 Å². The van der Waals surface area contributed by atoms with E-state index >= 15 is 0 Å². The highest BCUT2D eigenvalue weighted by atomic mass is 79.9. The molecule has 1 aliphatic heterocycles. The van der Waals surface area contributed by atoms with Gasteiger partial charge in [-0.1, -0.05) is 15.9 Å². The maximum Gasteiger partial charge on any atom is 0.218 e. The van der Waals surface area contributed by atoms with Crippen molar-refractivity contribution in [1.82, 2.24) is 9.97 Å². The summed E-state index contributed by atoms with van der Waals surface area (Å²) in [5, 5.41) is 0.986. The Kier molecular flexibility index (Phi) is 4.20. The summed E-state index contributed by atoms with van der Waals surface area (Å²) in [6.45, 7) is 5.58. The van der Waals surface area contributed by atoms with Crippen LogP contribution in [0.1, 0.15) is 25.6 Å². The van der Waals surface area contributed by atoms with Gasteiger partial charge in [0.1, 0.15) is 11.6 Å². The summed E-state index contributed by atoms with van der Waals surface area (Å²) in [5.41, 5.74) is 0. The van der Waals surface area contributed by atoms with Crippen LogP contribution in [0, 0.1) is 6.92 Å². The van der Waals surface area contributed by atoms with Crippen LogP contribution in [0.5, 0.6) is 5.88 Å². The molecule has 17 heavy (non-hydrogen) atoms. The first kappa shape index (κ1) is 12.6. The summed E-state index contributed by atoms with van der Waals surface area (Å²) in [7, 11) is 0. The third-order valence-electron chi connectivity index (χ3n) is 2.94. The second-order valence-corrected chi connectivity index (χ2v) is 4.84. The number of hydrogen-bond acceptors (Lipinski definition) is 4. The minimum absolute atomic E-state index is 0.541. The second-order valence-electron chi connectivity index (χ2n) is 4.19. The molecule has 0 radical (unpaired) electrons. The zero-order chi connectivity index (χ0) is 12.3. The molecular weight excluding hydrogens is 282 g/mol. The van der Waals surface area contributed by atoms with Crippen LogP contribution in [0.25, 0.3) is 0 Å². The fourth-order valence-corrected chi connectivity index (χ4v) is 2.87. The first-order valence-corrected chi connectivity index (χ1v) is 7.17. The van der Waals surface area contributed by atoms with Gasteiger partial charge >= 0.3 is 0 Å². The van der Waals surface area contributed by atoms with Gasteiger partial charge in [0.05, 0.1) is 6.61 Å². The highest BCUT2D eigenvalue weighted by Gasteiger charge is 2.25. The van der Waals surface area contributed by atoms with E-state index in [1.54, 1.807) is 0 Å². The molecule has 1 aromatic heterocycles. The number of alkyl halides is 1. The summed E-state index contributed by atoms with van der Waals surface area (Å²) in [6.07, 6.45) is 2.45. The molecule has 0 spiro atoms. The van der Waals surface area contributed by atoms with E-state index in [-0.39, 0.29) is 0 Å². The van der Waals surface area contributed by atoms with E-state index in [2.05, 4.69) is 30.8 Å². The number of hydrogen-bond donors (Lipinski definition) is 0. The second kappa shape index (κ2) is 5.67. The van der Waals surface area contributed by atoms with E-state index in [1.165, 1.54) is 12.8 Å². The third kappa shape index (κ3) is 2.89. The van der Waals surface area contributed by atoms with Crippen molar-refractivity contribution in [2.24, 2.45) is 0 Å². The molecule has 5 heteroatoms. The quantitative estimate of drug-likeness (QED) is 0.801. The number of halogens is 1. The molecular formula is C12H18BrN3O. The fraction of sp³-hybridized carbons (Fsp3) is 0.667. The molecule has 0 bridgehead atoms. The Morgan fingerprint density at radius 2 is 2.35 bits per heavy atom. The van der Waals surface area contributed by atoms with Gasteiger partial charge in [0.15, 0.2) is 0 Å². The minimum atomic E-state index is 0.541. The highest BCUT2D eigenvalue weighted by Crippen LogP contribution is 2.27. The lowest BCUT2D eigenvalue weighted by atomic mass is 10.2. The molecule has 2 heterocycles. The number of ether oxygens (including phenoxy) is 1. The molecule has 94 valence electrons. The fourth-order valence-electron chi connectivity index (χ4n) is 2.19. The van der Waals surface area contributed by atoms with Gasteiger partial charge in [0.25, 0.3) is 0 Å². The maximum atomic E-state index is 5.47. The van der Waals surface area contributed by atoms with Crippen LogP contribution in [0.4, 0.5) is 5.82 Å². The van der Waals surface area contributed by atoms with Gasteiger partial charge in [0, 0.05) is 24.0 Å². The normalized spacial score (nSPS) is 19.7. The first-order chi connectivity index (χ1) is 8.24. The van der Waals surface area contributed by atoms with Crippen LogP contribution in [-0.2, 0) is 0 Å². The Bertz CT molecular complexity index is 386. The molecule has 1 atom stereocenters. The lowest BCUT2D eigenvalue weighted by molar-refractivity contribution is 0.325. The van der Waals surface area contributed by atoms with Crippen molar-refractivity contribution in [3.63, 3.8) is 0 Å². The van der Waals surface area contributed by atoms with E-state index in [9.17, 15) is 0 Å². The average Bonchev–Trinajstić information content (AvgIpc) is 2.76. The topological polar surface area (TPSA) is 38.2 Å². The van der Waals surface area contributed by atoms with E-state index in [1.807, 2.05) is 19.9 Å². The molecule has 1 aromatic rings. The molecule has 1 aliphatic rings. The first-order valence-electron chi connectivity index (χ1n) is 6.05. The number of anilines is 1. The van der Waals surface area contributed by atoms with Crippen LogP contribution in [0.15, 0.2) is 6.07 Å². The molecule has 1 saturated heterocycles. The van der Waals surface area contributed by atoms with Crippen molar-refractivity contribution in [2.45, 2.75) is 32.7 Å². The summed E-state index contributed by atoms with van der Waals surface area (Å²) in [6, 6.07) is 2.48. The molecule has 4 nitrogen and oxygen atoms in total. The van der Waals surface area contributed by atoms with Crippen LogP contribution in [0.3, 0.4) is 0 Å². The summed E-state index contributed by atoms with van der Waals surface area (Å²) >= 11 is 3.57. The molecule has 1 unspecified atom stereocenters. The van der Waals surface area contributed by atoms with Crippen molar-refractivity contribution in [3.05, 3.63) is 11.9 Å². The van der Waals surface area contributed by atoms with Crippen molar-refractivity contribution < 1.29 is 4.74 Å². The van der Waals surface area contributed by atoms with Crippen LogP contribution < -0.4 is 9.64 Å². The Balaban J connectivity index is 2.24. The highest BCUT2D eigenvalue weighted by molar-refractivity contribution is 9.09. The average molecular weight is 300 g/mol. The Labute approximate surface area is 111 Å².